The summed E-state index contributed by atoms with van der Waals surface area (Å²) in [5, 5.41) is 1.62. The smallest absolute Gasteiger partial charge is 0.162 e. The number of rotatable bonds is 1. The Morgan fingerprint density at radius 1 is 1.43 bits per heavy atom. The lowest BCUT2D eigenvalue weighted by Gasteiger charge is -1.94. The standard InChI is InChI=1S/C11H10ClNO/c1-6-11(7(2)14)9-4-3-8(12)5-10(9)13-6/h3-5,13H,1-2H3. The molecule has 14 heavy (non-hydrogen) atoms. The summed E-state index contributed by atoms with van der Waals surface area (Å²) in [7, 11) is 0. The Labute approximate surface area is 86.9 Å². The molecule has 0 radical (unpaired) electrons. The maximum Gasteiger partial charge on any atom is 0.162 e. The first kappa shape index (κ1) is 9.28. The molecular formula is C11H10ClNO. The number of hydrogen-bond donors (Lipinski definition) is 1. The van der Waals surface area contributed by atoms with E-state index in [2.05, 4.69) is 4.98 Å². The van der Waals surface area contributed by atoms with Gasteiger partial charge in [0.15, 0.2) is 5.78 Å². The number of ketones is 1. The predicted octanol–water partition coefficient (Wildman–Crippen LogP) is 3.33. The van der Waals surface area contributed by atoms with Crippen LogP contribution in [-0.2, 0) is 0 Å². The molecule has 0 spiro atoms. The van der Waals surface area contributed by atoms with Crippen LogP contribution in [0, 0.1) is 6.92 Å². The Hall–Kier alpha value is -1.28. The van der Waals surface area contributed by atoms with E-state index >= 15 is 0 Å². The summed E-state index contributed by atoms with van der Waals surface area (Å²) in [4.78, 5) is 14.5. The van der Waals surface area contributed by atoms with Gasteiger partial charge in [0.1, 0.15) is 0 Å². The zero-order valence-corrected chi connectivity index (χ0v) is 8.77. The summed E-state index contributed by atoms with van der Waals surface area (Å²) >= 11 is 5.85. The highest BCUT2D eigenvalue weighted by Crippen LogP contribution is 2.25. The van der Waals surface area contributed by atoms with Crippen LogP contribution in [0.25, 0.3) is 10.9 Å². The van der Waals surface area contributed by atoms with Crippen molar-refractivity contribution < 1.29 is 4.79 Å². The van der Waals surface area contributed by atoms with Crippen LogP contribution in [-0.4, -0.2) is 10.8 Å². The highest BCUT2D eigenvalue weighted by atomic mass is 35.5. The summed E-state index contributed by atoms with van der Waals surface area (Å²) < 4.78 is 0. The lowest BCUT2D eigenvalue weighted by atomic mass is 10.1. The molecule has 3 heteroatoms. The van der Waals surface area contributed by atoms with Crippen LogP contribution >= 0.6 is 11.6 Å². The molecule has 1 aromatic heterocycles. The molecule has 0 amide bonds. The highest BCUT2D eigenvalue weighted by molar-refractivity contribution is 6.31. The molecule has 2 aromatic rings. The van der Waals surface area contributed by atoms with Gasteiger partial charge in [-0.1, -0.05) is 17.7 Å². The van der Waals surface area contributed by atoms with Gasteiger partial charge in [0.2, 0.25) is 0 Å². The van der Waals surface area contributed by atoms with E-state index in [0.717, 1.165) is 22.2 Å². The van der Waals surface area contributed by atoms with E-state index in [1.54, 1.807) is 13.0 Å². The van der Waals surface area contributed by atoms with Gasteiger partial charge < -0.3 is 4.98 Å². The van der Waals surface area contributed by atoms with Gasteiger partial charge in [-0.2, -0.15) is 0 Å². The van der Waals surface area contributed by atoms with Gasteiger partial charge >= 0.3 is 0 Å². The van der Waals surface area contributed by atoms with Crippen molar-refractivity contribution in [1.29, 1.82) is 0 Å². The third-order valence-electron chi connectivity index (χ3n) is 2.30. The van der Waals surface area contributed by atoms with Gasteiger partial charge in [-0.15, -0.1) is 0 Å². The summed E-state index contributed by atoms with van der Waals surface area (Å²) in [6.45, 7) is 3.47. The fraction of sp³-hybridized carbons (Fsp3) is 0.182. The van der Waals surface area contributed by atoms with E-state index in [1.807, 2.05) is 19.1 Å². The van der Waals surface area contributed by atoms with Crippen molar-refractivity contribution in [2.24, 2.45) is 0 Å². The molecule has 1 N–H and O–H groups in total. The molecule has 2 rings (SSSR count). The molecule has 1 heterocycles. The molecule has 0 aliphatic heterocycles. The monoisotopic (exact) mass is 207 g/mol. The van der Waals surface area contributed by atoms with E-state index in [0.29, 0.717) is 5.02 Å². The SMILES string of the molecule is CC(=O)c1c(C)[nH]c2cc(Cl)ccc12. The summed E-state index contributed by atoms with van der Waals surface area (Å²) in [5.41, 5.74) is 2.58. The Balaban J connectivity index is 2.84. The number of fused-ring (bicyclic) bond motifs is 1. The first-order chi connectivity index (χ1) is 6.59. The molecule has 1 aromatic carbocycles. The number of benzene rings is 1. The van der Waals surface area contributed by atoms with Crippen molar-refractivity contribution in [2.75, 3.05) is 0 Å². The van der Waals surface area contributed by atoms with E-state index in [9.17, 15) is 4.79 Å². The fourth-order valence-electron chi connectivity index (χ4n) is 1.76. The van der Waals surface area contributed by atoms with Crippen molar-refractivity contribution in [1.82, 2.24) is 4.98 Å². The van der Waals surface area contributed by atoms with Gasteiger partial charge in [0, 0.05) is 27.2 Å². The number of carbonyl (C=O) groups is 1. The van der Waals surface area contributed by atoms with Crippen LogP contribution in [0.5, 0.6) is 0 Å². The molecular weight excluding hydrogens is 198 g/mol. The second-order valence-electron chi connectivity index (χ2n) is 3.37. The highest BCUT2D eigenvalue weighted by Gasteiger charge is 2.11. The minimum Gasteiger partial charge on any atom is -0.358 e. The normalized spacial score (nSPS) is 10.8. The van der Waals surface area contributed by atoms with E-state index in [-0.39, 0.29) is 5.78 Å². The summed E-state index contributed by atoms with van der Waals surface area (Å²) in [5.74, 6) is 0.0797. The van der Waals surface area contributed by atoms with Gasteiger partial charge in [-0.25, -0.2) is 0 Å². The lowest BCUT2D eigenvalue weighted by Crippen LogP contribution is -1.92. The maximum atomic E-state index is 11.4. The van der Waals surface area contributed by atoms with Gasteiger partial charge in [0.05, 0.1) is 0 Å². The van der Waals surface area contributed by atoms with Crippen LogP contribution in [0.3, 0.4) is 0 Å². The van der Waals surface area contributed by atoms with Crippen molar-refractivity contribution in [2.45, 2.75) is 13.8 Å². The van der Waals surface area contributed by atoms with Gasteiger partial charge in [-0.05, 0) is 26.0 Å². The average molecular weight is 208 g/mol. The van der Waals surface area contributed by atoms with E-state index < -0.39 is 0 Å². The predicted molar refractivity (Wildman–Crippen MR) is 58.1 cm³/mol. The number of Topliss-reactive ketones (excluding diaryl/α,β-unsaturated/α-hetero) is 1. The molecule has 0 saturated heterocycles. The molecule has 0 fully saturated rings. The number of hydrogen-bond acceptors (Lipinski definition) is 1. The first-order valence-corrected chi connectivity index (χ1v) is 4.76. The third kappa shape index (κ3) is 1.32. The second-order valence-corrected chi connectivity index (χ2v) is 3.81. The van der Waals surface area contributed by atoms with E-state index in [4.69, 9.17) is 11.6 Å². The molecule has 0 bridgehead atoms. The Morgan fingerprint density at radius 2 is 2.14 bits per heavy atom. The second kappa shape index (κ2) is 3.14. The van der Waals surface area contributed by atoms with Crippen LogP contribution in [0.1, 0.15) is 23.0 Å². The van der Waals surface area contributed by atoms with Crippen LogP contribution in [0.2, 0.25) is 5.02 Å². The number of nitrogens with one attached hydrogen (secondary N) is 1. The average Bonchev–Trinajstić information content (AvgIpc) is 2.39. The Morgan fingerprint density at radius 3 is 2.79 bits per heavy atom. The molecule has 0 saturated carbocycles. The zero-order chi connectivity index (χ0) is 10.3. The molecule has 0 atom stereocenters. The summed E-state index contributed by atoms with van der Waals surface area (Å²) in [6, 6.07) is 5.50. The summed E-state index contributed by atoms with van der Waals surface area (Å²) in [6.07, 6.45) is 0. The number of aromatic nitrogens is 1. The number of aromatic amines is 1. The quantitative estimate of drug-likeness (QED) is 0.715. The zero-order valence-electron chi connectivity index (χ0n) is 8.02. The third-order valence-corrected chi connectivity index (χ3v) is 2.54. The molecule has 72 valence electrons. The van der Waals surface area contributed by atoms with Crippen LogP contribution in [0.4, 0.5) is 0 Å². The van der Waals surface area contributed by atoms with Gasteiger partial charge in [0.25, 0.3) is 0 Å². The molecule has 0 aliphatic rings. The van der Waals surface area contributed by atoms with Crippen LogP contribution < -0.4 is 0 Å². The fourth-order valence-corrected chi connectivity index (χ4v) is 1.93. The van der Waals surface area contributed by atoms with Crippen molar-refractivity contribution >= 4 is 28.3 Å². The Bertz CT molecular complexity index is 513. The molecule has 2 nitrogen and oxygen atoms in total. The number of halogens is 1. The van der Waals surface area contributed by atoms with Gasteiger partial charge in [-0.3, -0.25) is 4.79 Å². The van der Waals surface area contributed by atoms with Crippen molar-refractivity contribution in [3.63, 3.8) is 0 Å². The van der Waals surface area contributed by atoms with Crippen molar-refractivity contribution in [3.8, 4) is 0 Å². The number of H-pyrrole nitrogens is 1. The number of aryl methyl sites for hydroxylation is 1. The van der Waals surface area contributed by atoms with Crippen LogP contribution in [0.15, 0.2) is 18.2 Å². The molecule has 0 unspecified atom stereocenters. The maximum absolute atomic E-state index is 11.4. The first-order valence-electron chi connectivity index (χ1n) is 4.38. The van der Waals surface area contributed by atoms with Crippen molar-refractivity contribution in [3.05, 3.63) is 34.5 Å². The minimum absolute atomic E-state index is 0.0797. The Kier molecular flexibility index (Phi) is 2.08. The largest absolute Gasteiger partial charge is 0.358 e. The van der Waals surface area contributed by atoms with E-state index in [1.165, 1.54) is 0 Å². The number of carbonyl (C=O) groups excluding carboxylic acids is 1. The topological polar surface area (TPSA) is 32.9 Å². The lowest BCUT2D eigenvalue weighted by molar-refractivity contribution is 0.101. The molecule has 0 aliphatic carbocycles. The minimum atomic E-state index is 0.0797.